The molecule has 0 heterocycles. The van der Waals surface area contributed by atoms with Gasteiger partial charge < -0.3 is 10.1 Å². The minimum absolute atomic E-state index is 0.0896. The van der Waals surface area contributed by atoms with Crippen molar-refractivity contribution in [1.82, 2.24) is 5.32 Å². The third-order valence-corrected chi connectivity index (χ3v) is 1.90. The van der Waals surface area contributed by atoms with Crippen molar-refractivity contribution in [2.45, 2.75) is 13.3 Å². The summed E-state index contributed by atoms with van der Waals surface area (Å²) in [5.41, 5.74) is 0.533. The third-order valence-electron chi connectivity index (χ3n) is 1.90. The van der Waals surface area contributed by atoms with Crippen molar-refractivity contribution in [2.24, 2.45) is 0 Å². The Labute approximate surface area is 94.6 Å². The van der Waals surface area contributed by atoms with Crippen molar-refractivity contribution in [1.29, 1.82) is 0 Å². The van der Waals surface area contributed by atoms with Crippen LogP contribution >= 0.6 is 0 Å². The number of hydrogen-bond donors (Lipinski definition) is 1. The molecule has 1 aromatic rings. The zero-order valence-corrected chi connectivity index (χ0v) is 9.23. The van der Waals surface area contributed by atoms with Crippen LogP contribution in [0.25, 0.3) is 0 Å². The molecule has 0 unspecified atom stereocenters. The fraction of sp³-hybridized carbons (Fsp3) is 0.333. The number of carbonyl (C=O) groups excluding carboxylic acids is 2. The molecule has 0 saturated carbocycles. The summed E-state index contributed by atoms with van der Waals surface area (Å²) in [6, 6.07) is 8.74. The van der Waals surface area contributed by atoms with Gasteiger partial charge in [0.1, 0.15) is 6.54 Å². The number of nitrogens with one attached hydrogen (secondary N) is 1. The fourth-order valence-corrected chi connectivity index (χ4v) is 1.11. The van der Waals surface area contributed by atoms with E-state index in [4.69, 9.17) is 4.74 Å². The summed E-state index contributed by atoms with van der Waals surface area (Å²) in [7, 11) is 0. The van der Waals surface area contributed by atoms with E-state index < -0.39 is 5.97 Å². The molecule has 4 nitrogen and oxygen atoms in total. The Morgan fingerprint density at radius 3 is 2.56 bits per heavy atom. The monoisotopic (exact) mass is 221 g/mol. The van der Waals surface area contributed by atoms with Crippen LogP contribution in [0.4, 0.5) is 0 Å². The van der Waals surface area contributed by atoms with E-state index in [1.165, 1.54) is 0 Å². The highest BCUT2D eigenvalue weighted by atomic mass is 16.5. The second kappa shape index (κ2) is 6.61. The first kappa shape index (κ1) is 12.2. The smallest absolute Gasteiger partial charge is 0.325 e. The highest BCUT2D eigenvalue weighted by Gasteiger charge is 2.07. The largest absolute Gasteiger partial charge is 0.464 e. The second-order valence-electron chi connectivity index (χ2n) is 3.27. The van der Waals surface area contributed by atoms with Gasteiger partial charge in [0.05, 0.1) is 6.61 Å². The summed E-state index contributed by atoms with van der Waals surface area (Å²) in [6.45, 7) is 2.21. The molecule has 1 amide bonds. The molecule has 0 bridgehead atoms. The molecule has 0 atom stereocenters. The van der Waals surface area contributed by atoms with Crippen LogP contribution in [0.5, 0.6) is 0 Å². The van der Waals surface area contributed by atoms with E-state index in [2.05, 4.69) is 5.32 Å². The SMILES string of the molecule is CCCOC(=O)CNC(=O)c1ccccc1. The Hall–Kier alpha value is -1.84. The van der Waals surface area contributed by atoms with Crippen LogP contribution in [0.15, 0.2) is 30.3 Å². The number of carbonyl (C=O) groups is 2. The van der Waals surface area contributed by atoms with Gasteiger partial charge in [0.25, 0.3) is 5.91 Å². The van der Waals surface area contributed by atoms with E-state index in [-0.39, 0.29) is 12.5 Å². The van der Waals surface area contributed by atoms with Crippen LogP contribution in [-0.2, 0) is 9.53 Å². The second-order valence-corrected chi connectivity index (χ2v) is 3.27. The predicted octanol–water partition coefficient (Wildman–Crippen LogP) is 1.37. The Morgan fingerprint density at radius 2 is 1.94 bits per heavy atom. The van der Waals surface area contributed by atoms with Gasteiger partial charge in [0, 0.05) is 5.56 Å². The molecule has 0 saturated heterocycles. The van der Waals surface area contributed by atoms with E-state index in [1.807, 2.05) is 13.0 Å². The van der Waals surface area contributed by atoms with Crippen LogP contribution in [0, 0.1) is 0 Å². The fourth-order valence-electron chi connectivity index (χ4n) is 1.11. The van der Waals surface area contributed by atoms with Gasteiger partial charge in [0.2, 0.25) is 0 Å². The highest BCUT2D eigenvalue weighted by Crippen LogP contribution is 1.97. The zero-order valence-electron chi connectivity index (χ0n) is 9.23. The molecule has 16 heavy (non-hydrogen) atoms. The summed E-state index contributed by atoms with van der Waals surface area (Å²) >= 11 is 0. The summed E-state index contributed by atoms with van der Waals surface area (Å²) in [5, 5.41) is 2.49. The van der Waals surface area contributed by atoms with E-state index in [0.29, 0.717) is 12.2 Å². The van der Waals surface area contributed by atoms with Gasteiger partial charge in [-0.15, -0.1) is 0 Å². The summed E-state index contributed by atoms with van der Waals surface area (Å²) in [6.07, 6.45) is 0.776. The first-order chi connectivity index (χ1) is 7.74. The topological polar surface area (TPSA) is 55.4 Å². The van der Waals surface area contributed by atoms with E-state index in [9.17, 15) is 9.59 Å². The van der Waals surface area contributed by atoms with Gasteiger partial charge >= 0.3 is 5.97 Å². The molecule has 1 aromatic carbocycles. The van der Waals surface area contributed by atoms with Crippen molar-refractivity contribution in [3.63, 3.8) is 0 Å². The molecule has 0 spiro atoms. The van der Waals surface area contributed by atoms with Crippen LogP contribution < -0.4 is 5.32 Å². The number of hydrogen-bond acceptors (Lipinski definition) is 3. The lowest BCUT2D eigenvalue weighted by molar-refractivity contribution is -0.142. The molecule has 1 N–H and O–H groups in total. The highest BCUT2D eigenvalue weighted by molar-refractivity contribution is 5.95. The number of esters is 1. The maximum atomic E-state index is 11.5. The molecule has 0 aliphatic rings. The summed E-state index contributed by atoms with van der Waals surface area (Å²) in [5.74, 6) is -0.680. The minimum atomic E-state index is -0.411. The summed E-state index contributed by atoms with van der Waals surface area (Å²) < 4.78 is 4.82. The average Bonchev–Trinajstić information content (AvgIpc) is 2.34. The van der Waals surface area contributed by atoms with Crippen molar-refractivity contribution >= 4 is 11.9 Å². The molecule has 1 rings (SSSR count). The maximum absolute atomic E-state index is 11.5. The Bertz CT molecular complexity index is 349. The first-order valence-corrected chi connectivity index (χ1v) is 5.23. The van der Waals surface area contributed by atoms with E-state index >= 15 is 0 Å². The van der Waals surface area contributed by atoms with Crippen molar-refractivity contribution in [2.75, 3.05) is 13.2 Å². The quantitative estimate of drug-likeness (QED) is 0.764. The predicted molar refractivity (Wildman–Crippen MR) is 60.0 cm³/mol. The molecule has 0 fully saturated rings. The van der Waals surface area contributed by atoms with Crippen molar-refractivity contribution in [3.8, 4) is 0 Å². The first-order valence-electron chi connectivity index (χ1n) is 5.23. The Morgan fingerprint density at radius 1 is 1.25 bits per heavy atom. The lowest BCUT2D eigenvalue weighted by Crippen LogP contribution is -2.30. The van der Waals surface area contributed by atoms with Crippen LogP contribution in [-0.4, -0.2) is 25.0 Å². The molecule has 0 radical (unpaired) electrons. The molecule has 0 aromatic heterocycles. The number of benzene rings is 1. The lowest BCUT2D eigenvalue weighted by atomic mass is 10.2. The molecule has 0 aliphatic heterocycles. The van der Waals surface area contributed by atoms with Crippen molar-refractivity contribution in [3.05, 3.63) is 35.9 Å². The molecular formula is C12H15NO3. The number of ether oxygens (including phenoxy) is 1. The minimum Gasteiger partial charge on any atom is -0.464 e. The lowest BCUT2D eigenvalue weighted by Gasteiger charge is -2.05. The van der Waals surface area contributed by atoms with Crippen molar-refractivity contribution < 1.29 is 14.3 Å². The van der Waals surface area contributed by atoms with Crippen LogP contribution in [0.3, 0.4) is 0 Å². The molecule has 86 valence electrons. The average molecular weight is 221 g/mol. The number of amides is 1. The van der Waals surface area contributed by atoms with Gasteiger partial charge in [-0.2, -0.15) is 0 Å². The van der Waals surface area contributed by atoms with Gasteiger partial charge in [-0.05, 0) is 18.6 Å². The normalized spacial score (nSPS) is 9.56. The molecule has 0 aliphatic carbocycles. The summed E-state index contributed by atoms with van der Waals surface area (Å²) in [4.78, 5) is 22.6. The Kier molecular flexibility index (Phi) is 5.05. The maximum Gasteiger partial charge on any atom is 0.325 e. The zero-order chi connectivity index (χ0) is 11.8. The molecular weight excluding hydrogens is 206 g/mol. The van der Waals surface area contributed by atoms with Gasteiger partial charge in [-0.3, -0.25) is 9.59 Å². The number of rotatable bonds is 5. The Balaban J connectivity index is 2.33. The van der Waals surface area contributed by atoms with Gasteiger partial charge in [-0.25, -0.2) is 0 Å². The van der Waals surface area contributed by atoms with Crippen LogP contribution in [0.1, 0.15) is 23.7 Å². The third kappa shape index (κ3) is 4.13. The van der Waals surface area contributed by atoms with E-state index in [1.54, 1.807) is 24.3 Å². The van der Waals surface area contributed by atoms with E-state index in [0.717, 1.165) is 6.42 Å². The van der Waals surface area contributed by atoms with Crippen LogP contribution in [0.2, 0.25) is 0 Å². The van der Waals surface area contributed by atoms with Gasteiger partial charge in [-0.1, -0.05) is 25.1 Å². The van der Waals surface area contributed by atoms with Gasteiger partial charge in [0.15, 0.2) is 0 Å². The molecule has 4 heteroatoms. The standard InChI is InChI=1S/C12H15NO3/c1-2-8-16-11(14)9-13-12(15)10-6-4-3-5-7-10/h3-7H,2,8-9H2,1H3,(H,13,15).